The second-order valence-corrected chi connectivity index (χ2v) is 6.05. The molecule has 0 saturated heterocycles. The van der Waals surface area contributed by atoms with E-state index in [0.717, 1.165) is 24.1 Å². The van der Waals surface area contributed by atoms with Gasteiger partial charge in [-0.05, 0) is 36.0 Å². The van der Waals surface area contributed by atoms with Crippen LogP contribution in [-0.2, 0) is 4.79 Å². The van der Waals surface area contributed by atoms with E-state index in [1.165, 1.54) is 5.56 Å². The van der Waals surface area contributed by atoms with Crippen LogP contribution in [0.5, 0.6) is 0 Å². The first kappa shape index (κ1) is 13.9. The standard InChI is InChI=1S/C17H21N3O/c1-11(2)12-3-5-13(6-4-12)16(15-9-10-18-20-15)19-17(21)14-7-8-14/h3-6,9-11,14,16H,7-8H2,1-2H3,(H,18,20)(H,19,21)/t16-/m1/s1. The van der Waals surface area contributed by atoms with Crippen molar-refractivity contribution in [3.63, 3.8) is 0 Å². The van der Waals surface area contributed by atoms with E-state index in [1.54, 1.807) is 6.20 Å². The first-order valence-corrected chi connectivity index (χ1v) is 7.54. The molecule has 1 fully saturated rings. The second kappa shape index (κ2) is 5.72. The van der Waals surface area contributed by atoms with E-state index < -0.39 is 0 Å². The Kier molecular flexibility index (Phi) is 3.78. The average molecular weight is 283 g/mol. The van der Waals surface area contributed by atoms with Crippen molar-refractivity contribution >= 4 is 5.91 Å². The summed E-state index contributed by atoms with van der Waals surface area (Å²) in [5.41, 5.74) is 3.30. The molecule has 21 heavy (non-hydrogen) atoms. The Morgan fingerprint density at radius 2 is 1.86 bits per heavy atom. The minimum Gasteiger partial charge on any atom is -0.343 e. The fourth-order valence-electron chi connectivity index (χ4n) is 2.45. The first-order valence-electron chi connectivity index (χ1n) is 7.54. The van der Waals surface area contributed by atoms with Crippen LogP contribution in [0, 0.1) is 5.92 Å². The highest BCUT2D eigenvalue weighted by atomic mass is 16.2. The third-order valence-electron chi connectivity index (χ3n) is 4.00. The smallest absolute Gasteiger partial charge is 0.223 e. The first-order chi connectivity index (χ1) is 10.1. The number of aromatic amines is 1. The Balaban J connectivity index is 1.85. The fourth-order valence-corrected chi connectivity index (χ4v) is 2.45. The van der Waals surface area contributed by atoms with Crippen molar-refractivity contribution in [2.75, 3.05) is 0 Å². The highest BCUT2D eigenvalue weighted by molar-refractivity contribution is 5.81. The zero-order valence-electron chi connectivity index (χ0n) is 12.5. The van der Waals surface area contributed by atoms with Crippen molar-refractivity contribution in [2.24, 2.45) is 5.92 Å². The monoisotopic (exact) mass is 283 g/mol. The number of benzene rings is 1. The molecule has 4 heteroatoms. The third kappa shape index (κ3) is 3.15. The van der Waals surface area contributed by atoms with E-state index in [0.29, 0.717) is 5.92 Å². The van der Waals surface area contributed by atoms with E-state index in [9.17, 15) is 4.79 Å². The van der Waals surface area contributed by atoms with Gasteiger partial charge in [0.1, 0.15) is 0 Å². The molecule has 0 aliphatic heterocycles. The molecule has 0 spiro atoms. The quantitative estimate of drug-likeness (QED) is 0.885. The predicted octanol–water partition coefficient (Wildman–Crippen LogP) is 3.15. The van der Waals surface area contributed by atoms with Crippen LogP contribution < -0.4 is 5.32 Å². The predicted molar refractivity (Wildman–Crippen MR) is 81.8 cm³/mol. The van der Waals surface area contributed by atoms with Gasteiger partial charge in [0.05, 0.1) is 11.7 Å². The summed E-state index contributed by atoms with van der Waals surface area (Å²) in [5.74, 6) is 0.846. The molecule has 1 atom stereocenters. The van der Waals surface area contributed by atoms with Crippen LogP contribution in [0.1, 0.15) is 55.5 Å². The SMILES string of the molecule is CC(C)c1ccc([C@@H](NC(=O)C2CC2)c2ccn[nH]2)cc1. The number of carbonyl (C=O) groups is 1. The lowest BCUT2D eigenvalue weighted by Crippen LogP contribution is -2.30. The van der Waals surface area contributed by atoms with E-state index in [1.807, 2.05) is 6.07 Å². The number of H-pyrrole nitrogens is 1. The topological polar surface area (TPSA) is 57.8 Å². The van der Waals surface area contributed by atoms with Gasteiger partial charge < -0.3 is 5.32 Å². The molecule has 1 saturated carbocycles. The Morgan fingerprint density at radius 3 is 2.38 bits per heavy atom. The maximum absolute atomic E-state index is 12.1. The number of nitrogens with one attached hydrogen (secondary N) is 2. The normalized spacial score (nSPS) is 16.0. The summed E-state index contributed by atoms with van der Waals surface area (Å²) in [6.45, 7) is 4.35. The zero-order chi connectivity index (χ0) is 14.8. The Morgan fingerprint density at radius 1 is 1.19 bits per heavy atom. The largest absolute Gasteiger partial charge is 0.343 e. The Bertz CT molecular complexity index is 597. The molecule has 1 aliphatic carbocycles. The van der Waals surface area contributed by atoms with Crippen molar-refractivity contribution in [1.29, 1.82) is 0 Å². The van der Waals surface area contributed by atoms with Gasteiger partial charge in [-0.2, -0.15) is 5.10 Å². The van der Waals surface area contributed by atoms with E-state index in [2.05, 4.69) is 53.6 Å². The van der Waals surface area contributed by atoms with Gasteiger partial charge in [-0.25, -0.2) is 0 Å². The van der Waals surface area contributed by atoms with Gasteiger partial charge in [0, 0.05) is 12.1 Å². The number of carbonyl (C=O) groups excluding carboxylic acids is 1. The van der Waals surface area contributed by atoms with Gasteiger partial charge >= 0.3 is 0 Å². The molecule has 0 radical (unpaired) electrons. The molecule has 1 aromatic heterocycles. The van der Waals surface area contributed by atoms with Crippen molar-refractivity contribution in [2.45, 2.75) is 38.6 Å². The molecule has 0 bridgehead atoms. The number of rotatable bonds is 5. The molecular weight excluding hydrogens is 262 g/mol. The zero-order valence-corrected chi connectivity index (χ0v) is 12.5. The molecular formula is C17H21N3O. The van der Waals surface area contributed by atoms with Crippen molar-refractivity contribution in [1.82, 2.24) is 15.5 Å². The van der Waals surface area contributed by atoms with Gasteiger partial charge in [0.15, 0.2) is 0 Å². The van der Waals surface area contributed by atoms with Crippen molar-refractivity contribution in [3.8, 4) is 0 Å². The molecule has 2 aromatic rings. The van der Waals surface area contributed by atoms with Crippen LogP contribution in [0.4, 0.5) is 0 Å². The molecule has 1 aliphatic rings. The van der Waals surface area contributed by atoms with E-state index in [4.69, 9.17) is 0 Å². The van der Waals surface area contributed by atoms with E-state index >= 15 is 0 Å². The number of hydrogen-bond donors (Lipinski definition) is 2. The lowest BCUT2D eigenvalue weighted by atomic mass is 9.97. The molecule has 1 aromatic carbocycles. The van der Waals surface area contributed by atoms with Crippen LogP contribution >= 0.6 is 0 Å². The maximum Gasteiger partial charge on any atom is 0.223 e. The summed E-state index contributed by atoms with van der Waals surface area (Å²) < 4.78 is 0. The fraction of sp³-hybridized carbons (Fsp3) is 0.412. The van der Waals surface area contributed by atoms with Gasteiger partial charge in [-0.3, -0.25) is 9.89 Å². The lowest BCUT2D eigenvalue weighted by Gasteiger charge is -2.18. The van der Waals surface area contributed by atoms with Gasteiger partial charge in [-0.15, -0.1) is 0 Å². The minimum atomic E-state index is -0.151. The molecule has 2 N–H and O–H groups in total. The highest BCUT2D eigenvalue weighted by Gasteiger charge is 2.31. The number of nitrogens with zero attached hydrogens (tertiary/aromatic N) is 1. The van der Waals surface area contributed by atoms with Gasteiger partial charge in [0.2, 0.25) is 5.91 Å². The summed E-state index contributed by atoms with van der Waals surface area (Å²) >= 11 is 0. The van der Waals surface area contributed by atoms with Crippen molar-refractivity contribution in [3.05, 3.63) is 53.3 Å². The molecule has 1 heterocycles. The number of hydrogen-bond acceptors (Lipinski definition) is 2. The van der Waals surface area contributed by atoms with Crippen LogP contribution in [0.25, 0.3) is 0 Å². The van der Waals surface area contributed by atoms with Crippen LogP contribution in [-0.4, -0.2) is 16.1 Å². The lowest BCUT2D eigenvalue weighted by molar-refractivity contribution is -0.122. The molecule has 0 unspecified atom stereocenters. The summed E-state index contributed by atoms with van der Waals surface area (Å²) in [5, 5.41) is 10.1. The number of aromatic nitrogens is 2. The molecule has 3 rings (SSSR count). The minimum absolute atomic E-state index is 0.141. The summed E-state index contributed by atoms with van der Waals surface area (Å²) in [4.78, 5) is 12.1. The Hall–Kier alpha value is -2.10. The highest BCUT2D eigenvalue weighted by Crippen LogP contribution is 2.31. The number of amides is 1. The van der Waals surface area contributed by atoms with E-state index in [-0.39, 0.29) is 17.9 Å². The summed E-state index contributed by atoms with van der Waals surface area (Å²) in [6.07, 6.45) is 3.73. The van der Waals surface area contributed by atoms with Crippen LogP contribution in [0.3, 0.4) is 0 Å². The van der Waals surface area contributed by atoms with Crippen LogP contribution in [0.2, 0.25) is 0 Å². The second-order valence-electron chi connectivity index (χ2n) is 6.05. The summed E-state index contributed by atoms with van der Waals surface area (Å²) in [7, 11) is 0. The average Bonchev–Trinajstić information content (AvgIpc) is 3.20. The summed E-state index contributed by atoms with van der Waals surface area (Å²) in [6, 6.07) is 10.2. The Labute approximate surface area is 125 Å². The van der Waals surface area contributed by atoms with Crippen LogP contribution in [0.15, 0.2) is 36.5 Å². The van der Waals surface area contributed by atoms with Crippen molar-refractivity contribution < 1.29 is 4.79 Å². The molecule has 4 nitrogen and oxygen atoms in total. The van der Waals surface area contributed by atoms with Gasteiger partial charge in [-0.1, -0.05) is 38.1 Å². The maximum atomic E-state index is 12.1. The molecule has 1 amide bonds. The van der Waals surface area contributed by atoms with Gasteiger partial charge in [0.25, 0.3) is 0 Å². The molecule has 110 valence electrons. The third-order valence-corrected chi connectivity index (χ3v) is 4.00.